The Morgan fingerprint density at radius 1 is 1.40 bits per heavy atom. The maximum atomic E-state index is 12.2. The van der Waals surface area contributed by atoms with E-state index in [1.807, 2.05) is 6.07 Å². The van der Waals surface area contributed by atoms with E-state index < -0.39 is 5.54 Å². The van der Waals surface area contributed by atoms with Crippen LogP contribution in [0.4, 0.5) is 0 Å². The average Bonchev–Trinajstić information content (AvgIpc) is 2.42. The number of carbonyl (C=O) groups is 1. The molecule has 2 rings (SSSR count). The summed E-state index contributed by atoms with van der Waals surface area (Å²) in [6.45, 7) is 3.04. The first-order valence-electron chi connectivity index (χ1n) is 6.30. The number of fused-ring (bicyclic) bond motifs is 1. The number of aliphatic hydroxyl groups is 1. The van der Waals surface area contributed by atoms with Crippen molar-refractivity contribution in [3.05, 3.63) is 40.8 Å². The maximum Gasteiger partial charge on any atom is 0.275 e. The van der Waals surface area contributed by atoms with Crippen LogP contribution in [0.5, 0.6) is 0 Å². The zero-order valence-electron chi connectivity index (χ0n) is 11.5. The number of hydrogen-bond donors (Lipinski definition) is 2. The second-order valence-electron chi connectivity index (χ2n) is 5.28. The number of nitrogens with zero attached hydrogens (tertiary/aromatic N) is 2. The summed E-state index contributed by atoms with van der Waals surface area (Å²) >= 11 is 0. The lowest BCUT2D eigenvalue weighted by atomic mass is 10.1. The van der Waals surface area contributed by atoms with Crippen molar-refractivity contribution < 1.29 is 9.90 Å². The minimum absolute atomic E-state index is 0.174. The minimum atomic E-state index is -0.725. The van der Waals surface area contributed by atoms with Crippen LogP contribution in [0.2, 0.25) is 0 Å². The number of amides is 1. The van der Waals surface area contributed by atoms with Crippen LogP contribution in [0.1, 0.15) is 13.8 Å². The highest BCUT2D eigenvalue weighted by Gasteiger charge is 2.19. The topological polar surface area (TPSA) is 84.2 Å². The third-order valence-corrected chi connectivity index (χ3v) is 2.93. The third kappa shape index (κ3) is 3.03. The predicted molar refractivity (Wildman–Crippen MR) is 75.3 cm³/mol. The SMILES string of the molecule is CC(C)(CO)NC(=O)Cn1ncc2ccccc2c1=O. The minimum Gasteiger partial charge on any atom is -0.394 e. The summed E-state index contributed by atoms with van der Waals surface area (Å²) in [5, 5.41) is 17.0. The average molecular weight is 275 g/mol. The number of carbonyl (C=O) groups excluding carboxylic acids is 1. The van der Waals surface area contributed by atoms with Crippen LogP contribution in [0.25, 0.3) is 10.8 Å². The Morgan fingerprint density at radius 3 is 2.80 bits per heavy atom. The van der Waals surface area contributed by atoms with E-state index in [1.165, 1.54) is 0 Å². The fraction of sp³-hybridized carbons (Fsp3) is 0.357. The number of hydrogen-bond acceptors (Lipinski definition) is 4. The van der Waals surface area contributed by atoms with Gasteiger partial charge in [-0.1, -0.05) is 18.2 Å². The van der Waals surface area contributed by atoms with Crippen LogP contribution in [-0.4, -0.2) is 32.9 Å². The monoisotopic (exact) mass is 275 g/mol. The molecule has 0 aliphatic heterocycles. The summed E-state index contributed by atoms with van der Waals surface area (Å²) in [6, 6.07) is 7.09. The predicted octanol–water partition coefficient (Wildman–Crippen LogP) is 0.284. The summed E-state index contributed by atoms with van der Waals surface area (Å²) in [4.78, 5) is 24.0. The molecule has 0 atom stereocenters. The molecule has 0 spiro atoms. The number of rotatable bonds is 4. The van der Waals surface area contributed by atoms with E-state index in [2.05, 4.69) is 10.4 Å². The Hall–Kier alpha value is -2.21. The first-order valence-corrected chi connectivity index (χ1v) is 6.30. The normalized spacial score (nSPS) is 11.6. The summed E-state index contributed by atoms with van der Waals surface area (Å²) in [5.41, 5.74) is -1.03. The molecule has 1 amide bonds. The second-order valence-corrected chi connectivity index (χ2v) is 5.28. The van der Waals surface area contributed by atoms with Gasteiger partial charge in [0.05, 0.1) is 23.7 Å². The number of benzene rings is 1. The largest absolute Gasteiger partial charge is 0.394 e. The molecule has 0 unspecified atom stereocenters. The molecule has 6 nitrogen and oxygen atoms in total. The lowest BCUT2D eigenvalue weighted by Crippen LogP contribution is -2.48. The summed E-state index contributed by atoms with van der Waals surface area (Å²) < 4.78 is 1.12. The van der Waals surface area contributed by atoms with Gasteiger partial charge in [0.15, 0.2) is 0 Å². The highest BCUT2D eigenvalue weighted by Crippen LogP contribution is 2.06. The van der Waals surface area contributed by atoms with Crippen molar-refractivity contribution >= 4 is 16.7 Å². The highest BCUT2D eigenvalue weighted by molar-refractivity contribution is 5.81. The molecule has 1 aromatic heterocycles. The Kier molecular flexibility index (Phi) is 3.85. The Morgan fingerprint density at radius 2 is 2.10 bits per heavy atom. The lowest BCUT2D eigenvalue weighted by Gasteiger charge is -2.23. The van der Waals surface area contributed by atoms with Gasteiger partial charge in [-0.3, -0.25) is 9.59 Å². The van der Waals surface area contributed by atoms with Gasteiger partial charge in [-0.25, -0.2) is 4.68 Å². The van der Waals surface area contributed by atoms with E-state index in [4.69, 9.17) is 5.11 Å². The van der Waals surface area contributed by atoms with E-state index in [0.717, 1.165) is 10.1 Å². The molecule has 1 heterocycles. The van der Waals surface area contributed by atoms with Gasteiger partial charge < -0.3 is 10.4 Å². The summed E-state index contributed by atoms with van der Waals surface area (Å²) in [5.74, 6) is -0.367. The van der Waals surface area contributed by atoms with E-state index in [9.17, 15) is 9.59 Å². The van der Waals surface area contributed by atoms with Crippen LogP contribution in [0.15, 0.2) is 35.3 Å². The third-order valence-electron chi connectivity index (χ3n) is 2.93. The molecule has 106 valence electrons. The number of aliphatic hydroxyl groups excluding tert-OH is 1. The van der Waals surface area contributed by atoms with Crippen molar-refractivity contribution in [2.75, 3.05) is 6.61 Å². The number of aromatic nitrogens is 2. The van der Waals surface area contributed by atoms with Crippen molar-refractivity contribution in [1.29, 1.82) is 0 Å². The van der Waals surface area contributed by atoms with Gasteiger partial charge in [-0.15, -0.1) is 0 Å². The van der Waals surface area contributed by atoms with Crippen molar-refractivity contribution in [1.82, 2.24) is 15.1 Å². The molecular weight excluding hydrogens is 258 g/mol. The van der Waals surface area contributed by atoms with Crippen molar-refractivity contribution in [3.63, 3.8) is 0 Å². The second kappa shape index (κ2) is 5.42. The van der Waals surface area contributed by atoms with Gasteiger partial charge in [0.2, 0.25) is 5.91 Å². The molecule has 0 fully saturated rings. The van der Waals surface area contributed by atoms with E-state index >= 15 is 0 Å². The van der Waals surface area contributed by atoms with E-state index in [1.54, 1.807) is 38.2 Å². The van der Waals surface area contributed by atoms with Crippen molar-refractivity contribution in [3.8, 4) is 0 Å². The lowest BCUT2D eigenvalue weighted by molar-refractivity contribution is -0.124. The zero-order valence-corrected chi connectivity index (χ0v) is 11.5. The molecule has 0 saturated heterocycles. The van der Waals surface area contributed by atoms with Gasteiger partial charge in [0, 0.05) is 5.39 Å². The molecule has 0 saturated carbocycles. The standard InChI is InChI=1S/C14H17N3O3/c1-14(2,9-18)16-12(19)8-17-13(20)11-6-4-3-5-10(11)7-15-17/h3-7,18H,8-9H2,1-2H3,(H,16,19). The highest BCUT2D eigenvalue weighted by atomic mass is 16.3. The summed E-state index contributed by atoms with van der Waals surface area (Å²) in [6.07, 6.45) is 1.56. The Labute approximate surface area is 116 Å². The molecule has 0 radical (unpaired) electrons. The van der Waals surface area contributed by atoms with Gasteiger partial charge >= 0.3 is 0 Å². The maximum absolute atomic E-state index is 12.2. The molecule has 1 aromatic carbocycles. The van der Waals surface area contributed by atoms with Crippen LogP contribution < -0.4 is 10.9 Å². The molecule has 20 heavy (non-hydrogen) atoms. The first-order chi connectivity index (χ1) is 9.43. The van der Waals surface area contributed by atoms with Crippen LogP contribution in [-0.2, 0) is 11.3 Å². The Balaban J connectivity index is 2.24. The fourth-order valence-electron chi connectivity index (χ4n) is 1.83. The molecule has 6 heteroatoms. The van der Waals surface area contributed by atoms with Gasteiger partial charge in [-0.2, -0.15) is 5.10 Å². The molecule has 0 aliphatic rings. The van der Waals surface area contributed by atoms with Crippen molar-refractivity contribution in [2.24, 2.45) is 0 Å². The quantitative estimate of drug-likeness (QED) is 0.839. The molecule has 0 bridgehead atoms. The molecule has 2 N–H and O–H groups in total. The smallest absolute Gasteiger partial charge is 0.275 e. The summed E-state index contributed by atoms with van der Waals surface area (Å²) in [7, 11) is 0. The molecular formula is C14H17N3O3. The zero-order chi connectivity index (χ0) is 14.8. The van der Waals surface area contributed by atoms with Crippen LogP contribution >= 0.6 is 0 Å². The van der Waals surface area contributed by atoms with E-state index in [0.29, 0.717) is 5.39 Å². The number of nitrogens with one attached hydrogen (secondary N) is 1. The van der Waals surface area contributed by atoms with Crippen LogP contribution in [0, 0.1) is 0 Å². The molecule has 2 aromatic rings. The fourth-order valence-corrected chi connectivity index (χ4v) is 1.83. The van der Waals surface area contributed by atoms with Gasteiger partial charge in [0.1, 0.15) is 6.54 Å². The van der Waals surface area contributed by atoms with Gasteiger partial charge in [-0.05, 0) is 19.9 Å². The van der Waals surface area contributed by atoms with Crippen molar-refractivity contribution in [2.45, 2.75) is 25.9 Å². The van der Waals surface area contributed by atoms with E-state index in [-0.39, 0.29) is 24.6 Å². The Bertz CT molecular complexity index is 691. The van der Waals surface area contributed by atoms with Gasteiger partial charge in [0.25, 0.3) is 5.56 Å². The first kappa shape index (κ1) is 14.2. The van der Waals surface area contributed by atoms with Crippen LogP contribution in [0.3, 0.4) is 0 Å². The molecule has 0 aliphatic carbocycles.